The van der Waals surface area contributed by atoms with Crippen molar-refractivity contribution in [1.29, 1.82) is 0 Å². The van der Waals surface area contributed by atoms with Crippen molar-refractivity contribution < 1.29 is 14.7 Å². The highest BCUT2D eigenvalue weighted by Gasteiger charge is 2.55. The summed E-state index contributed by atoms with van der Waals surface area (Å²) in [5.74, 6) is -0.892. The third-order valence-corrected chi connectivity index (χ3v) is 7.71. The molecule has 1 saturated heterocycles. The van der Waals surface area contributed by atoms with Crippen LogP contribution in [-0.2, 0) is 17.6 Å². The van der Waals surface area contributed by atoms with Crippen LogP contribution in [0.5, 0.6) is 0 Å². The third-order valence-electron chi connectivity index (χ3n) is 7.05. The minimum absolute atomic E-state index is 0.405. The molecular weight excluding hydrogens is 507 g/mol. The van der Waals surface area contributed by atoms with Crippen molar-refractivity contribution in [3.8, 4) is 0 Å². The largest absolute Gasteiger partial charge is 0.465 e. The molecule has 1 fully saturated rings. The Morgan fingerprint density at radius 3 is 1.95 bits per heavy atom. The van der Waals surface area contributed by atoms with Crippen molar-refractivity contribution in [2.24, 2.45) is 5.41 Å². The zero-order chi connectivity index (χ0) is 26.7. The number of hydrogen-bond acceptors (Lipinski definition) is 3. The molecule has 3 aromatic rings. The predicted octanol–water partition coefficient (Wildman–Crippen LogP) is 7.13. The number of rotatable bonds is 7. The van der Waals surface area contributed by atoms with Crippen LogP contribution in [0.15, 0.2) is 78.9 Å². The highest BCUT2D eigenvalue weighted by molar-refractivity contribution is 6.36. The fourth-order valence-corrected chi connectivity index (χ4v) is 6.02. The number of carbonyl (C=O) groups is 2. The highest BCUT2D eigenvalue weighted by Crippen LogP contribution is 2.48. The molecule has 1 heterocycles. The number of carboxylic acid groups (broad SMARTS) is 1. The number of halogens is 2. The van der Waals surface area contributed by atoms with E-state index in [9.17, 15) is 14.7 Å². The minimum atomic E-state index is -1.27. The third kappa shape index (κ3) is 5.85. The maximum Gasteiger partial charge on any atom is 0.415 e. The minimum Gasteiger partial charge on any atom is -0.465 e. The first kappa shape index (κ1) is 27.2. The standard InChI is InChI=1S/C30H32Cl2N2O3/c1-30(2,3)26(25-22(31)15-10-16-23(25)32)27-33(18-17-20-11-6-4-7-12-20)24(28(35)34(27)29(36)37)19-21-13-8-5-9-14-21/h4-16,24,26-27H,17-19H2,1-3H3,(H,36,37)/t24?,26-,27?/m1/s1. The molecule has 1 aliphatic heterocycles. The molecule has 1 N–H and O–H groups in total. The first-order chi connectivity index (χ1) is 17.6. The summed E-state index contributed by atoms with van der Waals surface area (Å²) in [6.45, 7) is 6.58. The number of nitrogens with zero attached hydrogens (tertiary/aromatic N) is 2. The summed E-state index contributed by atoms with van der Waals surface area (Å²) in [5.41, 5.74) is 2.27. The van der Waals surface area contributed by atoms with Crippen molar-refractivity contribution in [3.05, 3.63) is 106 Å². The Bertz CT molecular complexity index is 1220. The van der Waals surface area contributed by atoms with E-state index in [1.165, 1.54) is 0 Å². The second-order valence-electron chi connectivity index (χ2n) is 10.6. The number of amides is 2. The number of carbonyl (C=O) groups excluding carboxylic acids is 1. The second kappa shape index (κ2) is 11.3. The van der Waals surface area contributed by atoms with E-state index < -0.39 is 35.5 Å². The molecule has 194 valence electrons. The van der Waals surface area contributed by atoms with Crippen LogP contribution in [0.3, 0.4) is 0 Å². The Hall–Kier alpha value is -2.86. The Kier molecular flexibility index (Phi) is 8.27. The van der Waals surface area contributed by atoms with E-state index in [-0.39, 0.29) is 0 Å². The lowest BCUT2D eigenvalue weighted by Crippen LogP contribution is -2.51. The van der Waals surface area contributed by atoms with E-state index in [2.05, 4.69) is 0 Å². The number of benzene rings is 3. The van der Waals surface area contributed by atoms with Gasteiger partial charge in [0.25, 0.3) is 5.91 Å². The Balaban J connectivity index is 1.85. The summed E-state index contributed by atoms with van der Waals surface area (Å²) in [7, 11) is 0. The SMILES string of the molecule is CC(C)(C)[C@H](c1c(Cl)cccc1Cl)C1N(C(=O)O)C(=O)C(Cc2ccccc2)N1CCc1ccccc1. The van der Waals surface area contributed by atoms with Crippen LogP contribution >= 0.6 is 23.2 Å². The molecule has 4 rings (SSSR count). The maximum absolute atomic E-state index is 13.9. The predicted molar refractivity (Wildman–Crippen MR) is 148 cm³/mol. The van der Waals surface area contributed by atoms with Crippen LogP contribution in [0.4, 0.5) is 4.79 Å². The van der Waals surface area contributed by atoms with Crippen LogP contribution in [-0.4, -0.2) is 45.7 Å². The van der Waals surface area contributed by atoms with Gasteiger partial charge in [-0.15, -0.1) is 0 Å². The average Bonchev–Trinajstić information content (AvgIpc) is 3.11. The summed E-state index contributed by atoms with van der Waals surface area (Å²) in [6.07, 6.45) is -0.981. The van der Waals surface area contributed by atoms with Crippen LogP contribution in [0.2, 0.25) is 10.0 Å². The molecule has 0 spiro atoms. The molecule has 3 atom stereocenters. The Morgan fingerprint density at radius 2 is 1.43 bits per heavy atom. The smallest absolute Gasteiger partial charge is 0.415 e. The molecule has 0 saturated carbocycles. The molecule has 0 aliphatic carbocycles. The van der Waals surface area contributed by atoms with Crippen molar-refractivity contribution in [2.75, 3.05) is 6.54 Å². The molecular formula is C30H32Cl2N2O3. The zero-order valence-corrected chi connectivity index (χ0v) is 22.8. The van der Waals surface area contributed by atoms with Gasteiger partial charge in [0.1, 0.15) is 6.17 Å². The topological polar surface area (TPSA) is 60.9 Å². The van der Waals surface area contributed by atoms with Gasteiger partial charge in [0.2, 0.25) is 0 Å². The van der Waals surface area contributed by atoms with E-state index >= 15 is 0 Å². The van der Waals surface area contributed by atoms with Gasteiger partial charge in [0.05, 0.1) is 6.04 Å². The molecule has 3 aromatic carbocycles. The normalized spacial score (nSPS) is 19.3. The van der Waals surface area contributed by atoms with E-state index in [0.29, 0.717) is 35.0 Å². The van der Waals surface area contributed by atoms with Crippen LogP contribution in [0.1, 0.15) is 43.4 Å². The van der Waals surface area contributed by atoms with Gasteiger partial charge in [0.15, 0.2) is 0 Å². The highest BCUT2D eigenvalue weighted by atomic mass is 35.5. The van der Waals surface area contributed by atoms with Gasteiger partial charge in [-0.3, -0.25) is 9.69 Å². The van der Waals surface area contributed by atoms with Crippen LogP contribution in [0, 0.1) is 5.41 Å². The molecule has 7 heteroatoms. The quantitative estimate of drug-likeness (QED) is 0.347. The summed E-state index contributed by atoms with van der Waals surface area (Å²) in [4.78, 5) is 29.6. The lowest BCUT2D eigenvalue weighted by molar-refractivity contribution is -0.128. The summed E-state index contributed by atoms with van der Waals surface area (Å²) in [6, 6.07) is 24.4. The molecule has 0 bridgehead atoms. The van der Waals surface area contributed by atoms with Crippen molar-refractivity contribution >= 4 is 35.2 Å². The lowest BCUT2D eigenvalue weighted by Gasteiger charge is -2.43. The molecule has 0 aromatic heterocycles. The van der Waals surface area contributed by atoms with E-state index in [1.807, 2.05) is 86.3 Å². The Morgan fingerprint density at radius 1 is 0.892 bits per heavy atom. The fraction of sp³-hybridized carbons (Fsp3) is 0.333. The van der Waals surface area contributed by atoms with Crippen LogP contribution in [0.25, 0.3) is 0 Å². The van der Waals surface area contributed by atoms with Gasteiger partial charge < -0.3 is 5.11 Å². The molecule has 2 amide bonds. The average molecular weight is 540 g/mol. The monoisotopic (exact) mass is 538 g/mol. The van der Waals surface area contributed by atoms with Gasteiger partial charge in [-0.1, -0.05) is 111 Å². The molecule has 0 radical (unpaired) electrons. The number of hydrogen-bond donors (Lipinski definition) is 1. The van der Waals surface area contributed by atoms with E-state index in [4.69, 9.17) is 23.2 Å². The van der Waals surface area contributed by atoms with E-state index in [0.717, 1.165) is 16.0 Å². The Labute approximate surface area is 228 Å². The van der Waals surface area contributed by atoms with Gasteiger partial charge >= 0.3 is 6.09 Å². The van der Waals surface area contributed by atoms with E-state index in [1.54, 1.807) is 18.2 Å². The first-order valence-electron chi connectivity index (χ1n) is 12.4. The number of imide groups is 1. The summed E-state index contributed by atoms with van der Waals surface area (Å²) in [5, 5.41) is 11.3. The van der Waals surface area contributed by atoms with Gasteiger partial charge in [-0.25, -0.2) is 9.69 Å². The first-order valence-corrected chi connectivity index (χ1v) is 13.2. The fourth-order valence-electron chi connectivity index (χ4n) is 5.38. The van der Waals surface area contributed by atoms with Gasteiger partial charge in [0, 0.05) is 22.5 Å². The summed E-state index contributed by atoms with van der Waals surface area (Å²) < 4.78 is 0. The van der Waals surface area contributed by atoms with Gasteiger partial charge in [-0.2, -0.15) is 0 Å². The van der Waals surface area contributed by atoms with Crippen molar-refractivity contribution in [1.82, 2.24) is 9.80 Å². The summed E-state index contributed by atoms with van der Waals surface area (Å²) >= 11 is 13.4. The van der Waals surface area contributed by atoms with Gasteiger partial charge in [-0.05, 0) is 47.1 Å². The molecule has 2 unspecified atom stereocenters. The zero-order valence-electron chi connectivity index (χ0n) is 21.3. The van der Waals surface area contributed by atoms with Crippen molar-refractivity contribution in [2.45, 2.75) is 51.7 Å². The second-order valence-corrected chi connectivity index (χ2v) is 11.4. The molecule has 37 heavy (non-hydrogen) atoms. The van der Waals surface area contributed by atoms with Crippen molar-refractivity contribution in [3.63, 3.8) is 0 Å². The molecule has 1 aliphatic rings. The maximum atomic E-state index is 13.9. The van der Waals surface area contributed by atoms with Crippen LogP contribution < -0.4 is 0 Å². The molecule has 5 nitrogen and oxygen atoms in total. The lowest BCUT2D eigenvalue weighted by atomic mass is 9.73.